The van der Waals surface area contributed by atoms with Gasteiger partial charge in [0.05, 0.1) is 11.9 Å². The van der Waals surface area contributed by atoms with Gasteiger partial charge in [-0.25, -0.2) is 4.39 Å². The summed E-state index contributed by atoms with van der Waals surface area (Å²) in [5.41, 5.74) is 3.54. The first kappa shape index (κ1) is 14.9. The van der Waals surface area contributed by atoms with E-state index in [0.717, 1.165) is 11.3 Å². The van der Waals surface area contributed by atoms with Gasteiger partial charge in [0, 0.05) is 5.69 Å². The van der Waals surface area contributed by atoms with Crippen molar-refractivity contribution in [2.75, 3.05) is 10.6 Å². The van der Waals surface area contributed by atoms with Gasteiger partial charge in [-0.05, 0) is 37.6 Å². The molecule has 5 nitrogen and oxygen atoms in total. The van der Waals surface area contributed by atoms with Crippen LogP contribution in [0.1, 0.15) is 11.1 Å². The van der Waals surface area contributed by atoms with Crippen LogP contribution in [-0.2, 0) is 0 Å². The molecule has 1 aromatic heterocycles. The molecule has 6 heteroatoms. The quantitative estimate of drug-likeness (QED) is 0.759. The lowest BCUT2D eigenvalue weighted by molar-refractivity contribution is 0.631. The molecular weight excluding hydrogens is 293 g/mol. The summed E-state index contributed by atoms with van der Waals surface area (Å²) < 4.78 is 13.7. The molecule has 23 heavy (non-hydrogen) atoms. The highest BCUT2D eigenvalue weighted by Crippen LogP contribution is 2.21. The zero-order valence-corrected chi connectivity index (χ0v) is 12.8. The zero-order chi connectivity index (χ0) is 16.2. The Morgan fingerprint density at radius 2 is 1.78 bits per heavy atom. The maximum Gasteiger partial charge on any atom is 0.249 e. The van der Waals surface area contributed by atoms with E-state index >= 15 is 0 Å². The van der Waals surface area contributed by atoms with Crippen LogP contribution >= 0.6 is 0 Å². The van der Waals surface area contributed by atoms with Crippen molar-refractivity contribution in [3.8, 4) is 0 Å². The first-order chi connectivity index (χ1) is 11.1. The van der Waals surface area contributed by atoms with Crippen LogP contribution in [0.5, 0.6) is 0 Å². The number of benzene rings is 2. The molecule has 0 fully saturated rings. The minimum Gasteiger partial charge on any atom is -0.339 e. The molecule has 116 valence electrons. The maximum atomic E-state index is 13.7. The number of hydrogen-bond donors (Lipinski definition) is 2. The summed E-state index contributed by atoms with van der Waals surface area (Å²) in [7, 11) is 0. The van der Waals surface area contributed by atoms with Crippen LogP contribution in [0.15, 0.2) is 48.7 Å². The van der Waals surface area contributed by atoms with Gasteiger partial charge in [-0.1, -0.05) is 29.8 Å². The summed E-state index contributed by atoms with van der Waals surface area (Å²) in [6.45, 7) is 4.06. The molecule has 0 aliphatic rings. The Kier molecular flexibility index (Phi) is 4.14. The van der Waals surface area contributed by atoms with Crippen molar-refractivity contribution in [2.24, 2.45) is 0 Å². The fourth-order valence-electron chi connectivity index (χ4n) is 2.19. The minimum absolute atomic E-state index is 0.227. The molecule has 0 spiro atoms. The first-order valence-electron chi connectivity index (χ1n) is 7.17. The molecule has 0 radical (unpaired) electrons. The fraction of sp³-hybridized carbons (Fsp3) is 0.118. The normalized spacial score (nSPS) is 10.4. The van der Waals surface area contributed by atoms with Crippen LogP contribution < -0.4 is 10.6 Å². The summed E-state index contributed by atoms with van der Waals surface area (Å²) in [5.74, 6) is 0.388. The number of rotatable bonds is 4. The van der Waals surface area contributed by atoms with E-state index in [4.69, 9.17) is 0 Å². The lowest BCUT2D eigenvalue weighted by Gasteiger charge is -2.10. The zero-order valence-electron chi connectivity index (χ0n) is 12.8. The van der Waals surface area contributed by atoms with E-state index in [9.17, 15) is 4.39 Å². The number of nitrogens with one attached hydrogen (secondary N) is 2. The molecule has 0 amide bonds. The Morgan fingerprint density at radius 3 is 2.57 bits per heavy atom. The van der Waals surface area contributed by atoms with E-state index in [0.29, 0.717) is 11.5 Å². The fourth-order valence-corrected chi connectivity index (χ4v) is 2.19. The van der Waals surface area contributed by atoms with Crippen molar-refractivity contribution in [2.45, 2.75) is 13.8 Å². The van der Waals surface area contributed by atoms with E-state index < -0.39 is 0 Å². The summed E-state index contributed by atoms with van der Waals surface area (Å²) in [5, 5.41) is 13.8. The Labute approximate surface area is 133 Å². The van der Waals surface area contributed by atoms with Gasteiger partial charge in [0.15, 0.2) is 5.82 Å². The number of anilines is 4. The number of nitrogens with zero attached hydrogens (tertiary/aromatic N) is 3. The molecule has 2 N–H and O–H groups in total. The summed E-state index contributed by atoms with van der Waals surface area (Å²) >= 11 is 0. The maximum absolute atomic E-state index is 13.7. The monoisotopic (exact) mass is 309 g/mol. The van der Waals surface area contributed by atoms with E-state index in [1.807, 2.05) is 26.0 Å². The molecule has 3 rings (SSSR count). The van der Waals surface area contributed by atoms with Crippen molar-refractivity contribution in [3.63, 3.8) is 0 Å². The predicted molar refractivity (Wildman–Crippen MR) is 88.7 cm³/mol. The molecule has 0 saturated heterocycles. The van der Waals surface area contributed by atoms with Gasteiger partial charge in [-0.15, -0.1) is 5.10 Å². The predicted octanol–water partition coefficient (Wildman–Crippen LogP) is 4.11. The number of aromatic nitrogens is 3. The molecule has 3 aromatic rings. The molecular formula is C17H16FN5. The van der Waals surface area contributed by atoms with Gasteiger partial charge in [0.1, 0.15) is 5.82 Å². The lowest BCUT2D eigenvalue weighted by Crippen LogP contribution is -2.04. The van der Waals surface area contributed by atoms with Gasteiger partial charge in [-0.3, -0.25) is 0 Å². The van der Waals surface area contributed by atoms with Crippen LogP contribution in [0.3, 0.4) is 0 Å². The highest BCUT2D eigenvalue weighted by Gasteiger charge is 2.06. The smallest absolute Gasteiger partial charge is 0.249 e. The van der Waals surface area contributed by atoms with Crippen molar-refractivity contribution in [1.29, 1.82) is 0 Å². The van der Waals surface area contributed by atoms with E-state index in [-0.39, 0.29) is 11.8 Å². The van der Waals surface area contributed by atoms with Crippen molar-refractivity contribution in [1.82, 2.24) is 15.2 Å². The van der Waals surface area contributed by atoms with Crippen LogP contribution in [-0.4, -0.2) is 15.2 Å². The Hall–Kier alpha value is -3.02. The first-order valence-corrected chi connectivity index (χ1v) is 7.17. The third-order valence-electron chi connectivity index (χ3n) is 3.32. The van der Waals surface area contributed by atoms with Gasteiger partial charge in [0.25, 0.3) is 0 Å². The molecule has 0 aliphatic heterocycles. The van der Waals surface area contributed by atoms with Gasteiger partial charge < -0.3 is 10.6 Å². The van der Waals surface area contributed by atoms with Crippen LogP contribution in [0.2, 0.25) is 0 Å². The SMILES string of the molecule is Cc1ccc(Nc2cnnc(Nc3ccccc3F)n2)c(C)c1. The molecule has 1 heterocycles. The van der Waals surface area contributed by atoms with Crippen molar-refractivity contribution in [3.05, 3.63) is 65.6 Å². The molecule has 0 bridgehead atoms. The minimum atomic E-state index is -0.371. The standard InChI is InChI=1S/C17H16FN5/c1-11-7-8-14(12(2)9-11)20-16-10-19-23-17(22-16)21-15-6-4-3-5-13(15)18/h3-10H,1-2H3,(H2,20,21,22,23). The Balaban J connectivity index is 1.81. The average molecular weight is 309 g/mol. The van der Waals surface area contributed by atoms with Crippen molar-refractivity contribution >= 4 is 23.1 Å². The molecule has 0 atom stereocenters. The van der Waals surface area contributed by atoms with E-state index in [1.165, 1.54) is 17.8 Å². The van der Waals surface area contributed by atoms with E-state index in [1.54, 1.807) is 18.2 Å². The summed E-state index contributed by atoms with van der Waals surface area (Å²) in [4.78, 5) is 4.31. The third-order valence-corrected chi connectivity index (χ3v) is 3.32. The number of aryl methyl sites for hydroxylation is 2. The average Bonchev–Trinajstić information content (AvgIpc) is 2.53. The third kappa shape index (κ3) is 3.60. The van der Waals surface area contributed by atoms with Crippen LogP contribution in [0.4, 0.5) is 27.5 Å². The van der Waals surface area contributed by atoms with Crippen LogP contribution in [0.25, 0.3) is 0 Å². The molecule has 0 aliphatic carbocycles. The highest BCUT2D eigenvalue weighted by atomic mass is 19.1. The molecule has 0 saturated carbocycles. The lowest BCUT2D eigenvalue weighted by atomic mass is 10.1. The molecule has 2 aromatic carbocycles. The number of hydrogen-bond acceptors (Lipinski definition) is 5. The number of para-hydroxylation sites is 1. The second-order valence-corrected chi connectivity index (χ2v) is 5.21. The largest absolute Gasteiger partial charge is 0.339 e. The van der Waals surface area contributed by atoms with Crippen LogP contribution in [0, 0.1) is 19.7 Å². The van der Waals surface area contributed by atoms with Gasteiger partial charge in [0.2, 0.25) is 5.95 Å². The second-order valence-electron chi connectivity index (χ2n) is 5.21. The topological polar surface area (TPSA) is 62.7 Å². The highest BCUT2D eigenvalue weighted by molar-refractivity contribution is 5.62. The molecule has 0 unspecified atom stereocenters. The van der Waals surface area contributed by atoms with Crippen molar-refractivity contribution < 1.29 is 4.39 Å². The Morgan fingerprint density at radius 1 is 0.957 bits per heavy atom. The number of halogens is 1. The second kappa shape index (κ2) is 6.39. The summed E-state index contributed by atoms with van der Waals surface area (Å²) in [6, 6.07) is 12.4. The summed E-state index contributed by atoms with van der Waals surface area (Å²) in [6.07, 6.45) is 1.52. The van der Waals surface area contributed by atoms with Gasteiger partial charge >= 0.3 is 0 Å². The van der Waals surface area contributed by atoms with Gasteiger partial charge in [-0.2, -0.15) is 10.1 Å². The van der Waals surface area contributed by atoms with E-state index in [2.05, 4.69) is 31.9 Å². The Bertz CT molecular complexity index is 835.